The first-order chi connectivity index (χ1) is 9.78. The van der Waals surface area contributed by atoms with Crippen molar-refractivity contribution in [2.75, 3.05) is 13.7 Å². The second kappa shape index (κ2) is 7.65. The Morgan fingerprint density at radius 2 is 1.90 bits per heavy atom. The van der Waals surface area contributed by atoms with Crippen molar-refractivity contribution in [2.45, 2.75) is 26.3 Å². The zero-order valence-corrected chi connectivity index (χ0v) is 12.2. The Morgan fingerprint density at radius 1 is 1.10 bits per heavy atom. The molecule has 1 N–H and O–H groups in total. The molecule has 0 aliphatic rings. The van der Waals surface area contributed by atoms with Gasteiger partial charge in [-0.2, -0.15) is 0 Å². The van der Waals surface area contributed by atoms with Gasteiger partial charge in [0.25, 0.3) is 0 Å². The highest BCUT2D eigenvalue weighted by atomic mass is 16.5. The molecule has 106 valence electrons. The van der Waals surface area contributed by atoms with E-state index >= 15 is 0 Å². The Kier molecular flexibility index (Phi) is 5.56. The molecule has 0 unspecified atom stereocenters. The Hall–Kier alpha value is -1.87. The van der Waals surface area contributed by atoms with Gasteiger partial charge >= 0.3 is 0 Å². The van der Waals surface area contributed by atoms with E-state index in [0.29, 0.717) is 6.61 Å². The second-order valence-corrected chi connectivity index (χ2v) is 4.92. The molecule has 3 nitrogen and oxygen atoms in total. The van der Waals surface area contributed by atoms with E-state index in [4.69, 9.17) is 4.74 Å². The highest BCUT2D eigenvalue weighted by molar-refractivity contribution is 5.24. The van der Waals surface area contributed by atoms with Crippen molar-refractivity contribution in [3.05, 3.63) is 59.3 Å². The van der Waals surface area contributed by atoms with Crippen LogP contribution in [-0.2, 0) is 13.0 Å². The molecule has 0 spiro atoms. The number of hydrogen-bond donors (Lipinski definition) is 1. The SMILES string of the molecule is CNCc1cc(C)nc(OCCCc2ccccc2)c1. The minimum Gasteiger partial charge on any atom is -0.478 e. The third-order valence-corrected chi connectivity index (χ3v) is 3.07. The van der Waals surface area contributed by atoms with Gasteiger partial charge in [-0.05, 0) is 44.0 Å². The number of aromatic nitrogens is 1. The van der Waals surface area contributed by atoms with Crippen LogP contribution in [0.15, 0.2) is 42.5 Å². The summed E-state index contributed by atoms with van der Waals surface area (Å²) in [4.78, 5) is 4.41. The number of benzene rings is 1. The van der Waals surface area contributed by atoms with Crippen LogP contribution in [0, 0.1) is 6.92 Å². The second-order valence-electron chi connectivity index (χ2n) is 4.92. The summed E-state index contributed by atoms with van der Waals surface area (Å²) in [6.45, 7) is 3.53. The number of ether oxygens (including phenoxy) is 1. The van der Waals surface area contributed by atoms with Crippen LogP contribution in [-0.4, -0.2) is 18.6 Å². The summed E-state index contributed by atoms with van der Waals surface area (Å²) in [6, 6.07) is 14.6. The van der Waals surface area contributed by atoms with Gasteiger partial charge < -0.3 is 10.1 Å². The molecular formula is C17H22N2O. The summed E-state index contributed by atoms with van der Waals surface area (Å²) in [5, 5.41) is 3.14. The molecule has 0 bridgehead atoms. The molecule has 0 atom stereocenters. The first kappa shape index (κ1) is 14.5. The zero-order chi connectivity index (χ0) is 14.2. The Labute approximate surface area is 121 Å². The lowest BCUT2D eigenvalue weighted by molar-refractivity contribution is 0.298. The number of pyridine rings is 1. The fourth-order valence-electron chi connectivity index (χ4n) is 2.18. The number of nitrogens with one attached hydrogen (secondary N) is 1. The fraction of sp³-hybridized carbons (Fsp3) is 0.353. The molecule has 3 heteroatoms. The summed E-state index contributed by atoms with van der Waals surface area (Å²) in [6.07, 6.45) is 2.04. The molecule has 0 radical (unpaired) electrons. The molecule has 20 heavy (non-hydrogen) atoms. The number of rotatable bonds is 7. The molecule has 2 aromatic rings. The third kappa shape index (κ3) is 4.67. The van der Waals surface area contributed by atoms with Crippen LogP contribution in [0.4, 0.5) is 0 Å². The molecule has 0 aliphatic carbocycles. The van der Waals surface area contributed by atoms with E-state index in [9.17, 15) is 0 Å². The average molecular weight is 270 g/mol. The normalized spacial score (nSPS) is 10.5. The van der Waals surface area contributed by atoms with Crippen molar-refractivity contribution in [3.63, 3.8) is 0 Å². The minimum absolute atomic E-state index is 0.699. The van der Waals surface area contributed by atoms with Crippen molar-refractivity contribution in [3.8, 4) is 5.88 Å². The van der Waals surface area contributed by atoms with E-state index in [1.807, 2.05) is 26.1 Å². The van der Waals surface area contributed by atoms with Crippen LogP contribution in [0.1, 0.15) is 23.2 Å². The van der Waals surface area contributed by atoms with Gasteiger partial charge in [0.2, 0.25) is 5.88 Å². The molecule has 0 saturated carbocycles. The standard InChI is InChI=1S/C17H22N2O/c1-14-11-16(13-18-2)12-17(19-14)20-10-6-9-15-7-4-3-5-8-15/h3-5,7-8,11-12,18H,6,9-10,13H2,1-2H3. The predicted molar refractivity (Wildman–Crippen MR) is 82.0 cm³/mol. The summed E-state index contributed by atoms with van der Waals surface area (Å²) >= 11 is 0. The largest absolute Gasteiger partial charge is 0.478 e. The third-order valence-electron chi connectivity index (χ3n) is 3.07. The van der Waals surface area contributed by atoms with Crippen molar-refractivity contribution in [2.24, 2.45) is 0 Å². The lowest BCUT2D eigenvalue weighted by Crippen LogP contribution is -2.07. The van der Waals surface area contributed by atoms with Crippen LogP contribution < -0.4 is 10.1 Å². The maximum Gasteiger partial charge on any atom is 0.213 e. The van der Waals surface area contributed by atoms with Crippen LogP contribution in [0.3, 0.4) is 0 Å². The monoisotopic (exact) mass is 270 g/mol. The smallest absolute Gasteiger partial charge is 0.213 e. The van der Waals surface area contributed by atoms with E-state index in [2.05, 4.69) is 40.6 Å². The molecular weight excluding hydrogens is 248 g/mol. The van der Waals surface area contributed by atoms with E-state index in [0.717, 1.165) is 31.0 Å². The van der Waals surface area contributed by atoms with E-state index in [1.54, 1.807) is 0 Å². The molecule has 0 saturated heterocycles. The van der Waals surface area contributed by atoms with Gasteiger partial charge in [0.1, 0.15) is 0 Å². The van der Waals surface area contributed by atoms with Gasteiger partial charge in [-0.15, -0.1) is 0 Å². The van der Waals surface area contributed by atoms with E-state index in [1.165, 1.54) is 11.1 Å². The maximum atomic E-state index is 5.76. The maximum absolute atomic E-state index is 5.76. The van der Waals surface area contributed by atoms with Crippen molar-refractivity contribution in [1.82, 2.24) is 10.3 Å². The van der Waals surface area contributed by atoms with Gasteiger partial charge in [-0.3, -0.25) is 0 Å². The van der Waals surface area contributed by atoms with Gasteiger partial charge in [0.05, 0.1) is 6.61 Å². The Balaban J connectivity index is 1.81. The number of hydrogen-bond acceptors (Lipinski definition) is 3. The quantitative estimate of drug-likeness (QED) is 0.785. The van der Waals surface area contributed by atoms with Crippen molar-refractivity contribution in [1.29, 1.82) is 0 Å². The molecule has 0 aliphatic heterocycles. The van der Waals surface area contributed by atoms with Gasteiger partial charge in [-0.1, -0.05) is 30.3 Å². The highest BCUT2D eigenvalue weighted by Crippen LogP contribution is 2.13. The van der Waals surface area contributed by atoms with Gasteiger partial charge in [-0.25, -0.2) is 4.98 Å². The molecule has 0 fully saturated rings. The van der Waals surface area contributed by atoms with E-state index in [-0.39, 0.29) is 0 Å². The number of nitrogens with zero attached hydrogens (tertiary/aromatic N) is 1. The van der Waals surface area contributed by atoms with Gasteiger partial charge in [0, 0.05) is 18.3 Å². The van der Waals surface area contributed by atoms with Crippen molar-refractivity contribution < 1.29 is 4.74 Å². The summed E-state index contributed by atoms with van der Waals surface area (Å²) in [7, 11) is 1.94. The molecule has 1 aromatic heterocycles. The summed E-state index contributed by atoms with van der Waals surface area (Å²) in [5.74, 6) is 0.725. The first-order valence-electron chi connectivity index (χ1n) is 7.07. The lowest BCUT2D eigenvalue weighted by Gasteiger charge is -2.08. The highest BCUT2D eigenvalue weighted by Gasteiger charge is 2.01. The Bertz CT molecular complexity index is 526. The zero-order valence-electron chi connectivity index (χ0n) is 12.2. The molecule has 0 amide bonds. The van der Waals surface area contributed by atoms with Crippen LogP contribution >= 0.6 is 0 Å². The van der Waals surface area contributed by atoms with Gasteiger partial charge in [0.15, 0.2) is 0 Å². The topological polar surface area (TPSA) is 34.2 Å². The van der Waals surface area contributed by atoms with Crippen molar-refractivity contribution >= 4 is 0 Å². The number of aryl methyl sites for hydroxylation is 2. The molecule has 2 rings (SSSR count). The molecule has 1 heterocycles. The minimum atomic E-state index is 0.699. The summed E-state index contributed by atoms with van der Waals surface area (Å²) in [5.41, 5.74) is 3.55. The van der Waals surface area contributed by atoms with E-state index < -0.39 is 0 Å². The fourth-order valence-corrected chi connectivity index (χ4v) is 2.18. The van der Waals surface area contributed by atoms with Crippen LogP contribution in [0.25, 0.3) is 0 Å². The Morgan fingerprint density at radius 3 is 2.65 bits per heavy atom. The first-order valence-corrected chi connectivity index (χ1v) is 7.07. The van der Waals surface area contributed by atoms with Crippen LogP contribution in [0.5, 0.6) is 5.88 Å². The average Bonchev–Trinajstić information content (AvgIpc) is 2.45. The predicted octanol–water partition coefficient (Wildman–Crippen LogP) is 3.12. The van der Waals surface area contributed by atoms with Crippen LogP contribution in [0.2, 0.25) is 0 Å². The summed E-state index contributed by atoms with van der Waals surface area (Å²) < 4.78 is 5.76. The molecule has 1 aromatic carbocycles. The lowest BCUT2D eigenvalue weighted by atomic mass is 10.1.